The largest absolute Gasteiger partial charge is 0.465 e. The number of amides is 1. The number of hydrogen-bond donors (Lipinski definition) is 2. The molecule has 3 aromatic heterocycles. The number of rotatable bonds is 4. The van der Waals surface area contributed by atoms with Gasteiger partial charge in [0, 0.05) is 42.7 Å². The van der Waals surface area contributed by atoms with Gasteiger partial charge in [-0.3, -0.25) is 0 Å². The van der Waals surface area contributed by atoms with Gasteiger partial charge >= 0.3 is 12.1 Å². The van der Waals surface area contributed by atoms with E-state index in [9.17, 15) is 9.90 Å². The van der Waals surface area contributed by atoms with Crippen LogP contribution in [0.15, 0.2) is 47.3 Å². The maximum atomic E-state index is 15.3. The lowest BCUT2D eigenvalue weighted by Crippen LogP contribution is -2.37. The van der Waals surface area contributed by atoms with Crippen LogP contribution in [0.2, 0.25) is 0 Å². The van der Waals surface area contributed by atoms with Gasteiger partial charge in [-0.1, -0.05) is 13.0 Å². The van der Waals surface area contributed by atoms with Crippen LogP contribution in [0, 0.1) is 18.7 Å². The van der Waals surface area contributed by atoms with Crippen LogP contribution >= 0.6 is 15.9 Å². The van der Waals surface area contributed by atoms with Crippen LogP contribution in [0.5, 0.6) is 11.8 Å². The van der Waals surface area contributed by atoms with Gasteiger partial charge in [0.2, 0.25) is 0 Å². The number of fused-ring (bicyclic) bond motifs is 1. The molecule has 0 aliphatic carbocycles. The maximum Gasteiger partial charge on any atom is 0.407 e. The van der Waals surface area contributed by atoms with E-state index >= 15 is 4.39 Å². The lowest BCUT2D eigenvalue weighted by molar-refractivity contribution is 0.145. The number of nitrogens with zero attached hydrogens (tertiary/aromatic N) is 6. The molecule has 1 aromatic carbocycles. The fourth-order valence-corrected chi connectivity index (χ4v) is 4.99. The summed E-state index contributed by atoms with van der Waals surface area (Å²) < 4.78 is 23.3. The Bertz CT molecular complexity index is 1540. The van der Waals surface area contributed by atoms with E-state index in [0.717, 1.165) is 5.57 Å². The van der Waals surface area contributed by atoms with E-state index in [0.29, 0.717) is 39.1 Å². The number of carbonyl (C=O) groups is 1. The lowest BCUT2D eigenvalue weighted by atomic mass is 9.94. The number of anilines is 1. The first-order valence-corrected chi connectivity index (χ1v) is 11.8. The quantitative estimate of drug-likeness (QED) is 0.368. The standard InChI is InChI=1S/C24H21BrFN7O3/c1-12-10-32(24(34)35)8-6-15(12)20-18(25)19-21(22(27)30-11-29-19)33(20)14-3-4-17(16(26)9-14)36-23-28-7-5-13(2)31-23/h3-7,9,11-12H,8,10H2,1-2H3,(H,34,35)(H2,27,29,30). The summed E-state index contributed by atoms with van der Waals surface area (Å²) in [6, 6.07) is 6.26. The molecule has 10 nitrogen and oxygen atoms in total. The first-order valence-electron chi connectivity index (χ1n) is 11.0. The van der Waals surface area contributed by atoms with Gasteiger partial charge in [0.1, 0.15) is 17.4 Å². The van der Waals surface area contributed by atoms with Crippen LogP contribution in [0.1, 0.15) is 18.3 Å². The molecule has 0 spiro atoms. The van der Waals surface area contributed by atoms with Crippen LogP contribution in [-0.2, 0) is 0 Å². The molecule has 0 saturated heterocycles. The number of aryl methyl sites for hydroxylation is 1. The second-order valence-electron chi connectivity index (χ2n) is 8.40. The van der Waals surface area contributed by atoms with Gasteiger partial charge in [-0.15, -0.1) is 0 Å². The van der Waals surface area contributed by atoms with Gasteiger partial charge in [-0.2, -0.15) is 0 Å². The topological polar surface area (TPSA) is 132 Å². The van der Waals surface area contributed by atoms with Crippen molar-refractivity contribution in [3.63, 3.8) is 0 Å². The molecule has 0 fully saturated rings. The van der Waals surface area contributed by atoms with E-state index in [4.69, 9.17) is 10.5 Å². The molecule has 4 heterocycles. The summed E-state index contributed by atoms with van der Waals surface area (Å²) in [4.78, 5) is 29.5. The van der Waals surface area contributed by atoms with E-state index in [1.807, 2.05) is 13.0 Å². The normalized spacial score (nSPS) is 15.7. The molecular weight excluding hydrogens is 533 g/mol. The van der Waals surface area contributed by atoms with Gasteiger partial charge in [-0.05, 0) is 46.6 Å². The molecule has 0 bridgehead atoms. The molecule has 5 rings (SSSR count). The third-order valence-corrected chi connectivity index (χ3v) is 6.71. The highest BCUT2D eigenvalue weighted by molar-refractivity contribution is 9.10. The summed E-state index contributed by atoms with van der Waals surface area (Å²) in [6.45, 7) is 4.26. The predicted molar refractivity (Wildman–Crippen MR) is 135 cm³/mol. The van der Waals surface area contributed by atoms with E-state index in [1.165, 1.54) is 29.6 Å². The Labute approximate surface area is 213 Å². The summed E-state index contributed by atoms with van der Waals surface area (Å²) >= 11 is 3.65. The van der Waals surface area contributed by atoms with E-state index in [2.05, 4.69) is 35.9 Å². The van der Waals surface area contributed by atoms with E-state index < -0.39 is 11.9 Å². The Kier molecular flexibility index (Phi) is 6.04. The first kappa shape index (κ1) is 23.7. The van der Waals surface area contributed by atoms with Crippen molar-refractivity contribution in [3.8, 4) is 17.4 Å². The zero-order valence-corrected chi connectivity index (χ0v) is 20.9. The predicted octanol–water partition coefficient (Wildman–Crippen LogP) is 4.81. The molecule has 3 N–H and O–H groups in total. The van der Waals surface area contributed by atoms with Crippen LogP contribution in [0.4, 0.5) is 15.0 Å². The van der Waals surface area contributed by atoms with Crippen molar-refractivity contribution in [3.05, 3.63) is 64.5 Å². The summed E-state index contributed by atoms with van der Waals surface area (Å²) in [5.41, 5.74) is 10.0. The van der Waals surface area contributed by atoms with Crippen LogP contribution in [0.3, 0.4) is 0 Å². The van der Waals surface area contributed by atoms with Gasteiger partial charge in [0.15, 0.2) is 17.4 Å². The minimum Gasteiger partial charge on any atom is -0.465 e. The Hall–Kier alpha value is -4.06. The number of ether oxygens (including phenoxy) is 1. The number of aromatic nitrogens is 5. The third-order valence-electron chi connectivity index (χ3n) is 5.96. The van der Waals surface area contributed by atoms with Crippen molar-refractivity contribution in [2.45, 2.75) is 13.8 Å². The molecule has 1 aliphatic rings. The molecule has 1 unspecified atom stereocenters. The third kappa shape index (κ3) is 4.13. The summed E-state index contributed by atoms with van der Waals surface area (Å²) in [6.07, 6.45) is 3.76. The Morgan fingerprint density at radius 3 is 2.78 bits per heavy atom. The van der Waals surface area contributed by atoms with Crippen molar-refractivity contribution in [1.29, 1.82) is 0 Å². The highest BCUT2D eigenvalue weighted by Gasteiger charge is 2.30. The number of benzene rings is 1. The summed E-state index contributed by atoms with van der Waals surface area (Å²) in [5.74, 6) is -0.584. The summed E-state index contributed by atoms with van der Waals surface area (Å²) in [7, 11) is 0. The van der Waals surface area contributed by atoms with E-state index in [1.54, 1.807) is 23.6 Å². The minimum absolute atomic E-state index is 0.0343. The SMILES string of the molecule is Cc1ccnc(Oc2ccc(-n3c(C4=CCN(C(=O)O)CC4C)c(Br)c4ncnc(N)c43)cc2F)n1. The maximum absolute atomic E-state index is 15.3. The second kappa shape index (κ2) is 9.19. The average molecular weight is 554 g/mol. The van der Waals surface area contributed by atoms with Crippen LogP contribution in [-0.4, -0.2) is 53.7 Å². The Balaban J connectivity index is 1.65. The van der Waals surface area contributed by atoms with Gasteiger partial charge in [0.05, 0.1) is 10.2 Å². The van der Waals surface area contributed by atoms with Gasteiger partial charge < -0.3 is 25.0 Å². The minimum atomic E-state index is -0.984. The fraction of sp³-hybridized carbons (Fsp3) is 0.208. The number of nitrogen functional groups attached to an aromatic ring is 1. The molecule has 4 aromatic rings. The lowest BCUT2D eigenvalue weighted by Gasteiger charge is -2.30. The second-order valence-corrected chi connectivity index (χ2v) is 9.19. The number of halogens is 2. The fourth-order valence-electron chi connectivity index (χ4n) is 4.29. The van der Waals surface area contributed by atoms with Gasteiger partial charge in [-0.25, -0.2) is 29.1 Å². The van der Waals surface area contributed by atoms with Crippen molar-refractivity contribution < 1.29 is 19.0 Å². The highest BCUT2D eigenvalue weighted by atomic mass is 79.9. The van der Waals surface area contributed by atoms with Crippen molar-refractivity contribution in [2.75, 3.05) is 18.8 Å². The van der Waals surface area contributed by atoms with Crippen LogP contribution in [0.25, 0.3) is 22.3 Å². The smallest absolute Gasteiger partial charge is 0.407 e. The monoisotopic (exact) mass is 553 g/mol. The molecule has 1 aliphatic heterocycles. The zero-order valence-electron chi connectivity index (χ0n) is 19.3. The molecule has 184 valence electrons. The van der Waals surface area contributed by atoms with Crippen molar-refractivity contribution in [1.82, 2.24) is 29.4 Å². The summed E-state index contributed by atoms with van der Waals surface area (Å²) in [5, 5.41) is 9.41. The number of hydrogen-bond acceptors (Lipinski definition) is 7. The number of nitrogens with two attached hydrogens (primary N) is 1. The molecular formula is C24H21BrFN7O3. The molecule has 0 saturated carbocycles. The Morgan fingerprint density at radius 2 is 2.08 bits per heavy atom. The molecule has 12 heteroatoms. The molecule has 36 heavy (non-hydrogen) atoms. The van der Waals surface area contributed by atoms with E-state index in [-0.39, 0.29) is 30.0 Å². The average Bonchev–Trinajstić information content (AvgIpc) is 3.14. The van der Waals surface area contributed by atoms with Crippen LogP contribution < -0.4 is 10.5 Å². The van der Waals surface area contributed by atoms with Crippen molar-refractivity contribution >= 4 is 44.4 Å². The molecule has 1 amide bonds. The molecule has 0 radical (unpaired) electrons. The number of carboxylic acid groups (broad SMARTS) is 1. The first-order chi connectivity index (χ1) is 17.2. The Morgan fingerprint density at radius 1 is 1.28 bits per heavy atom. The van der Waals surface area contributed by atoms with Crippen molar-refractivity contribution in [2.24, 2.45) is 5.92 Å². The highest BCUT2D eigenvalue weighted by Crippen LogP contribution is 2.42. The molecule has 1 atom stereocenters. The zero-order chi connectivity index (χ0) is 25.6. The van der Waals surface area contributed by atoms with Gasteiger partial charge in [0.25, 0.3) is 0 Å².